The average molecular weight is 469 g/mol. The zero-order valence-electron chi connectivity index (χ0n) is 16.7. The molecule has 0 saturated carbocycles. The topological polar surface area (TPSA) is 172 Å². The van der Waals surface area contributed by atoms with Crippen molar-refractivity contribution in [3.63, 3.8) is 0 Å². The van der Waals surface area contributed by atoms with Crippen molar-refractivity contribution in [3.05, 3.63) is 47.8 Å². The molecule has 5 N–H and O–H groups in total. The lowest BCUT2D eigenvalue weighted by Crippen LogP contribution is -2.33. The van der Waals surface area contributed by atoms with Gasteiger partial charge in [-0.15, -0.1) is 0 Å². The van der Waals surface area contributed by atoms with Crippen molar-refractivity contribution >= 4 is 24.8 Å². The molecule has 0 amide bonds. The summed E-state index contributed by atoms with van der Waals surface area (Å²) in [4.78, 5) is 30.3. The van der Waals surface area contributed by atoms with E-state index in [1.807, 2.05) is 6.92 Å². The Morgan fingerprint density at radius 3 is 2.78 bits per heavy atom. The van der Waals surface area contributed by atoms with E-state index in [1.165, 1.54) is 29.4 Å². The molecule has 1 aliphatic rings. The van der Waals surface area contributed by atoms with Gasteiger partial charge in [-0.05, 0) is 30.2 Å². The van der Waals surface area contributed by atoms with Gasteiger partial charge in [-0.25, -0.2) is 23.9 Å². The lowest BCUT2D eigenvalue weighted by atomic mass is 10.1. The molecule has 1 saturated heterocycles. The Bertz CT molecular complexity index is 1170. The third-order valence-electron chi connectivity index (χ3n) is 5.13. The Balaban J connectivity index is 1.55. The summed E-state index contributed by atoms with van der Waals surface area (Å²) in [6.45, 7) is 1.52. The van der Waals surface area contributed by atoms with Gasteiger partial charge in [0.15, 0.2) is 23.2 Å². The molecule has 0 aliphatic carbocycles. The molecule has 0 spiro atoms. The number of hydrogen-bond donors (Lipinski definition) is 5. The summed E-state index contributed by atoms with van der Waals surface area (Å²) < 4.78 is 35.8. The number of rotatable bonds is 7. The Morgan fingerprint density at radius 1 is 1.25 bits per heavy atom. The van der Waals surface area contributed by atoms with Crippen LogP contribution in [0.15, 0.2) is 30.9 Å². The number of aryl methyl sites for hydroxylation is 1. The number of phosphoric ester groups is 1. The minimum absolute atomic E-state index is 0.283. The summed E-state index contributed by atoms with van der Waals surface area (Å²) in [5.41, 5.74) is 2.27. The van der Waals surface area contributed by atoms with Crippen LogP contribution in [0.3, 0.4) is 0 Å². The molecule has 0 radical (unpaired) electrons. The molecule has 12 nitrogen and oxygen atoms in total. The molecule has 4 atom stereocenters. The van der Waals surface area contributed by atoms with Gasteiger partial charge in [-0.3, -0.25) is 9.09 Å². The van der Waals surface area contributed by atoms with E-state index in [1.54, 1.807) is 6.07 Å². The first-order chi connectivity index (χ1) is 15.1. The standard InChI is InChI=1S/C18H21FN5O7P/c1-9-2-3-11(19)4-10(9)5-20-16-13-17(22-7-21-16)24(8-23-13)18-15(26)14(25)12(31-18)6-30-32(27,28)29/h2-4,7-8,12,14-15,18,25-26H,5-6H2,1H3,(H,20,21,22)(H2,27,28,29)/t12-,14-,15-,18-/m1/s1. The van der Waals surface area contributed by atoms with Gasteiger partial charge in [0.05, 0.1) is 12.9 Å². The number of anilines is 1. The van der Waals surface area contributed by atoms with Gasteiger partial charge in [0.1, 0.15) is 30.5 Å². The van der Waals surface area contributed by atoms with Gasteiger partial charge >= 0.3 is 7.82 Å². The molecule has 2 aromatic heterocycles. The molecule has 14 heteroatoms. The minimum Gasteiger partial charge on any atom is -0.387 e. The Kier molecular flexibility index (Phi) is 6.23. The third kappa shape index (κ3) is 4.64. The maximum absolute atomic E-state index is 13.5. The van der Waals surface area contributed by atoms with Gasteiger partial charge in [0, 0.05) is 6.54 Å². The fraction of sp³-hybridized carbons (Fsp3) is 0.389. The van der Waals surface area contributed by atoms with Crippen LogP contribution in [0.25, 0.3) is 11.2 Å². The first-order valence-corrected chi connectivity index (χ1v) is 11.0. The zero-order chi connectivity index (χ0) is 23.0. The van der Waals surface area contributed by atoms with Crippen molar-refractivity contribution in [2.45, 2.75) is 38.0 Å². The predicted octanol–water partition coefficient (Wildman–Crippen LogP) is 0.614. The van der Waals surface area contributed by atoms with Crippen LogP contribution in [0.5, 0.6) is 0 Å². The molecule has 4 rings (SSSR count). The smallest absolute Gasteiger partial charge is 0.387 e. The van der Waals surface area contributed by atoms with Gasteiger partial charge in [-0.2, -0.15) is 0 Å². The van der Waals surface area contributed by atoms with Crippen LogP contribution in [0.2, 0.25) is 0 Å². The number of ether oxygens (including phenoxy) is 1. The molecule has 1 aromatic carbocycles. The lowest BCUT2D eigenvalue weighted by molar-refractivity contribution is -0.0504. The van der Waals surface area contributed by atoms with E-state index in [0.29, 0.717) is 11.3 Å². The van der Waals surface area contributed by atoms with E-state index in [9.17, 15) is 19.2 Å². The quantitative estimate of drug-likeness (QED) is 0.307. The number of imidazole rings is 1. The fourth-order valence-corrected chi connectivity index (χ4v) is 3.79. The van der Waals surface area contributed by atoms with Gasteiger partial charge in [-0.1, -0.05) is 6.07 Å². The normalized spacial score (nSPS) is 23.7. The molecular formula is C18H21FN5O7P. The first-order valence-electron chi connectivity index (χ1n) is 9.52. The highest BCUT2D eigenvalue weighted by atomic mass is 31.2. The number of nitrogens with one attached hydrogen (secondary N) is 1. The minimum atomic E-state index is -4.77. The van der Waals surface area contributed by atoms with E-state index >= 15 is 0 Å². The van der Waals surface area contributed by atoms with Crippen LogP contribution in [0, 0.1) is 12.7 Å². The van der Waals surface area contributed by atoms with Crippen LogP contribution >= 0.6 is 7.82 Å². The second-order valence-electron chi connectivity index (χ2n) is 7.30. The van der Waals surface area contributed by atoms with Crippen molar-refractivity contribution in [2.75, 3.05) is 11.9 Å². The average Bonchev–Trinajstić information content (AvgIpc) is 3.28. The highest BCUT2D eigenvalue weighted by molar-refractivity contribution is 7.46. The van der Waals surface area contributed by atoms with E-state index in [4.69, 9.17) is 14.5 Å². The number of aromatic nitrogens is 4. The Labute approximate surface area is 180 Å². The van der Waals surface area contributed by atoms with Gasteiger partial charge in [0.25, 0.3) is 0 Å². The zero-order valence-corrected chi connectivity index (χ0v) is 17.6. The van der Waals surface area contributed by atoms with Crippen molar-refractivity contribution in [3.8, 4) is 0 Å². The number of fused-ring (bicyclic) bond motifs is 1. The Hall–Kier alpha value is -2.51. The highest BCUT2D eigenvalue weighted by Gasteiger charge is 2.45. The SMILES string of the molecule is Cc1ccc(F)cc1CNc1ncnc2c1ncn2[C@@H]1O[C@H](COP(=O)(O)O)[C@@H](O)[C@H]1O. The Morgan fingerprint density at radius 2 is 2.03 bits per heavy atom. The summed E-state index contributed by atoms with van der Waals surface area (Å²) >= 11 is 0. The fourth-order valence-electron chi connectivity index (χ4n) is 3.44. The van der Waals surface area contributed by atoms with Gasteiger partial charge in [0.2, 0.25) is 0 Å². The van der Waals surface area contributed by atoms with Crippen LogP contribution in [-0.2, 0) is 20.4 Å². The molecule has 32 heavy (non-hydrogen) atoms. The second-order valence-corrected chi connectivity index (χ2v) is 8.54. The molecule has 0 unspecified atom stereocenters. The summed E-state index contributed by atoms with van der Waals surface area (Å²) in [7, 11) is -4.77. The maximum Gasteiger partial charge on any atom is 0.469 e. The summed E-state index contributed by atoms with van der Waals surface area (Å²) in [5.74, 6) is 0.0135. The lowest BCUT2D eigenvalue weighted by Gasteiger charge is -2.16. The largest absolute Gasteiger partial charge is 0.469 e. The van der Waals surface area contributed by atoms with Crippen molar-refractivity contribution in [1.82, 2.24) is 19.5 Å². The summed E-state index contributed by atoms with van der Waals surface area (Å²) in [6, 6.07) is 4.47. The van der Waals surface area contributed by atoms with Crippen LogP contribution in [-0.4, -0.2) is 64.4 Å². The van der Waals surface area contributed by atoms with Crippen molar-refractivity contribution < 1.29 is 38.2 Å². The number of hydrogen-bond acceptors (Lipinski definition) is 9. The third-order valence-corrected chi connectivity index (χ3v) is 5.62. The van der Waals surface area contributed by atoms with Crippen LogP contribution in [0.1, 0.15) is 17.4 Å². The number of aliphatic hydroxyl groups is 2. The second kappa shape index (κ2) is 8.79. The number of nitrogens with zero attached hydrogens (tertiary/aromatic N) is 4. The molecular weight excluding hydrogens is 448 g/mol. The monoisotopic (exact) mass is 469 g/mol. The molecule has 3 heterocycles. The maximum atomic E-state index is 13.5. The molecule has 1 fully saturated rings. The van der Waals surface area contributed by atoms with Crippen molar-refractivity contribution in [2.24, 2.45) is 0 Å². The van der Waals surface area contributed by atoms with E-state index < -0.39 is 39.0 Å². The van der Waals surface area contributed by atoms with Crippen LogP contribution in [0.4, 0.5) is 10.2 Å². The summed E-state index contributed by atoms with van der Waals surface area (Å²) in [5, 5.41) is 23.7. The molecule has 0 bridgehead atoms. The molecule has 1 aliphatic heterocycles. The van der Waals surface area contributed by atoms with E-state index in [0.717, 1.165) is 11.1 Å². The van der Waals surface area contributed by atoms with E-state index in [-0.39, 0.29) is 18.0 Å². The number of aliphatic hydroxyl groups excluding tert-OH is 2. The number of halogens is 1. The van der Waals surface area contributed by atoms with E-state index in [2.05, 4.69) is 24.8 Å². The predicted molar refractivity (Wildman–Crippen MR) is 108 cm³/mol. The summed E-state index contributed by atoms with van der Waals surface area (Å²) in [6.07, 6.45) is -2.60. The van der Waals surface area contributed by atoms with Gasteiger partial charge < -0.3 is 30.1 Å². The molecule has 172 valence electrons. The van der Waals surface area contributed by atoms with Crippen LogP contribution < -0.4 is 5.32 Å². The number of benzene rings is 1. The van der Waals surface area contributed by atoms with Crippen molar-refractivity contribution in [1.29, 1.82) is 0 Å². The number of phosphoric acid groups is 1. The molecule has 3 aromatic rings. The highest BCUT2D eigenvalue weighted by Crippen LogP contribution is 2.39. The first kappa shape index (κ1) is 22.7.